The van der Waals surface area contributed by atoms with E-state index in [4.69, 9.17) is 5.73 Å². The highest BCUT2D eigenvalue weighted by Gasteiger charge is 2.24. The first kappa shape index (κ1) is 10.7. The van der Waals surface area contributed by atoms with Crippen LogP contribution in [0.15, 0.2) is 0 Å². The van der Waals surface area contributed by atoms with E-state index in [2.05, 4.69) is 10.6 Å². The third kappa shape index (κ3) is 3.23. The summed E-state index contributed by atoms with van der Waals surface area (Å²) in [5.41, 5.74) is 4.39. The number of hydrogen-bond acceptors (Lipinski definition) is 2. The second-order valence-corrected chi connectivity index (χ2v) is 3.18. The lowest BCUT2D eigenvalue weighted by Gasteiger charge is -2.20. The number of hydrogen-bond donors (Lipinski definition) is 3. The number of urea groups is 1. The van der Waals surface area contributed by atoms with Crippen LogP contribution in [0.3, 0.4) is 0 Å². The Balaban J connectivity index is 3.92. The summed E-state index contributed by atoms with van der Waals surface area (Å²) >= 11 is 0. The van der Waals surface area contributed by atoms with E-state index in [9.17, 15) is 9.59 Å². The van der Waals surface area contributed by atoms with Crippen LogP contribution < -0.4 is 16.4 Å². The Morgan fingerprint density at radius 1 is 1.42 bits per heavy atom. The first-order valence-corrected chi connectivity index (χ1v) is 3.65. The van der Waals surface area contributed by atoms with Crippen molar-refractivity contribution in [2.75, 3.05) is 13.6 Å². The Labute approximate surface area is 71.7 Å². The highest BCUT2D eigenvalue weighted by molar-refractivity contribution is 5.81. The fourth-order valence-electron chi connectivity index (χ4n) is 0.477. The van der Waals surface area contributed by atoms with Crippen LogP contribution >= 0.6 is 0 Å². The molecule has 0 rings (SSSR count). The standard InChI is InChI=1S/C7H15N3O2/c1-7(2,5(8)11)4-10-6(12)9-3/h4H2,1-3H3,(H2,8,11)(H2,9,10,12). The summed E-state index contributed by atoms with van der Waals surface area (Å²) in [6, 6.07) is -0.315. The predicted molar refractivity (Wildman–Crippen MR) is 45.4 cm³/mol. The smallest absolute Gasteiger partial charge is 0.314 e. The number of rotatable bonds is 3. The van der Waals surface area contributed by atoms with E-state index in [1.165, 1.54) is 7.05 Å². The van der Waals surface area contributed by atoms with Gasteiger partial charge < -0.3 is 16.4 Å². The fourth-order valence-corrected chi connectivity index (χ4v) is 0.477. The largest absolute Gasteiger partial charge is 0.369 e. The van der Waals surface area contributed by atoms with Gasteiger partial charge in [-0.2, -0.15) is 0 Å². The summed E-state index contributed by atoms with van der Waals surface area (Å²) in [5.74, 6) is -0.432. The van der Waals surface area contributed by atoms with Crippen LogP contribution in [-0.4, -0.2) is 25.5 Å². The summed E-state index contributed by atoms with van der Waals surface area (Å²) < 4.78 is 0. The topological polar surface area (TPSA) is 84.2 Å². The van der Waals surface area contributed by atoms with Gasteiger partial charge in [0.1, 0.15) is 0 Å². The van der Waals surface area contributed by atoms with Crippen LogP contribution in [0.1, 0.15) is 13.8 Å². The molecule has 0 aromatic carbocycles. The monoisotopic (exact) mass is 173 g/mol. The van der Waals surface area contributed by atoms with Gasteiger partial charge in [-0.05, 0) is 13.8 Å². The molecular formula is C7H15N3O2. The lowest BCUT2D eigenvalue weighted by atomic mass is 9.93. The number of amides is 3. The molecule has 5 nitrogen and oxygen atoms in total. The van der Waals surface area contributed by atoms with E-state index in [-0.39, 0.29) is 12.6 Å². The average Bonchev–Trinajstić information content (AvgIpc) is 2.00. The lowest BCUT2D eigenvalue weighted by Crippen LogP contribution is -2.44. The molecule has 0 aromatic heterocycles. The lowest BCUT2D eigenvalue weighted by molar-refractivity contribution is -0.125. The van der Waals surface area contributed by atoms with E-state index in [1.54, 1.807) is 13.8 Å². The van der Waals surface area contributed by atoms with E-state index in [0.717, 1.165) is 0 Å². The zero-order chi connectivity index (χ0) is 9.78. The van der Waals surface area contributed by atoms with Crippen molar-refractivity contribution in [3.63, 3.8) is 0 Å². The van der Waals surface area contributed by atoms with Gasteiger partial charge in [-0.15, -0.1) is 0 Å². The van der Waals surface area contributed by atoms with Crippen molar-refractivity contribution >= 4 is 11.9 Å². The average molecular weight is 173 g/mol. The molecule has 0 saturated carbocycles. The molecule has 0 bridgehead atoms. The highest BCUT2D eigenvalue weighted by atomic mass is 16.2. The van der Waals surface area contributed by atoms with Crippen molar-refractivity contribution in [3.05, 3.63) is 0 Å². The van der Waals surface area contributed by atoms with E-state index >= 15 is 0 Å². The van der Waals surface area contributed by atoms with Gasteiger partial charge in [0.05, 0.1) is 5.41 Å². The number of carbonyl (C=O) groups is 2. The molecular weight excluding hydrogens is 158 g/mol. The summed E-state index contributed by atoms with van der Waals surface area (Å²) in [4.78, 5) is 21.5. The number of primary amides is 1. The maximum absolute atomic E-state index is 10.8. The highest BCUT2D eigenvalue weighted by Crippen LogP contribution is 2.11. The van der Waals surface area contributed by atoms with Gasteiger partial charge in [-0.25, -0.2) is 4.79 Å². The molecule has 0 spiro atoms. The zero-order valence-electron chi connectivity index (χ0n) is 7.60. The summed E-state index contributed by atoms with van der Waals surface area (Å²) in [7, 11) is 1.51. The Morgan fingerprint density at radius 3 is 2.25 bits per heavy atom. The molecule has 70 valence electrons. The molecule has 0 heterocycles. The van der Waals surface area contributed by atoms with Crippen molar-refractivity contribution in [3.8, 4) is 0 Å². The summed E-state index contributed by atoms with van der Waals surface area (Å²) in [6.45, 7) is 3.58. The minimum absolute atomic E-state index is 0.238. The second kappa shape index (κ2) is 3.94. The molecule has 0 aliphatic rings. The first-order valence-electron chi connectivity index (χ1n) is 3.65. The third-order valence-corrected chi connectivity index (χ3v) is 1.58. The van der Waals surface area contributed by atoms with Crippen LogP contribution in [0.2, 0.25) is 0 Å². The van der Waals surface area contributed by atoms with Crippen molar-refractivity contribution in [2.45, 2.75) is 13.8 Å². The zero-order valence-corrected chi connectivity index (χ0v) is 7.60. The Hall–Kier alpha value is -1.26. The van der Waals surface area contributed by atoms with Gasteiger partial charge in [-0.3, -0.25) is 4.79 Å². The molecule has 0 aromatic rings. The van der Waals surface area contributed by atoms with Crippen molar-refractivity contribution in [1.29, 1.82) is 0 Å². The molecule has 0 unspecified atom stereocenters. The molecule has 12 heavy (non-hydrogen) atoms. The number of nitrogens with one attached hydrogen (secondary N) is 2. The molecule has 0 fully saturated rings. The summed E-state index contributed by atoms with van der Waals surface area (Å²) in [6.07, 6.45) is 0. The van der Waals surface area contributed by atoms with Crippen LogP contribution in [-0.2, 0) is 4.79 Å². The van der Waals surface area contributed by atoms with E-state index in [1.807, 2.05) is 0 Å². The molecule has 0 atom stereocenters. The van der Waals surface area contributed by atoms with Gasteiger partial charge >= 0.3 is 6.03 Å². The van der Waals surface area contributed by atoms with E-state index < -0.39 is 11.3 Å². The van der Waals surface area contributed by atoms with E-state index in [0.29, 0.717) is 0 Å². The van der Waals surface area contributed by atoms with Crippen molar-refractivity contribution < 1.29 is 9.59 Å². The molecule has 4 N–H and O–H groups in total. The SMILES string of the molecule is CNC(=O)NCC(C)(C)C(N)=O. The Morgan fingerprint density at radius 2 is 1.92 bits per heavy atom. The molecule has 0 aliphatic carbocycles. The molecule has 0 radical (unpaired) electrons. The normalized spacial score (nSPS) is 10.6. The minimum Gasteiger partial charge on any atom is -0.369 e. The molecule has 3 amide bonds. The Kier molecular flexibility index (Phi) is 3.53. The fraction of sp³-hybridized carbons (Fsp3) is 0.714. The second-order valence-electron chi connectivity index (χ2n) is 3.18. The van der Waals surface area contributed by atoms with Crippen LogP contribution in [0.25, 0.3) is 0 Å². The van der Waals surface area contributed by atoms with Gasteiger partial charge in [0, 0.05) is 13.6 Å². The molecule has 5 heteroatoms. The van der Waals surface area contributed by atoms with Crippen molar-refractivity contribution in [2.24, 2.45) is 11.1 Å². The quantitative estimate of drug-likeness (QED) is 0.534. The van der Waals surface area contributed by atoms with Crippen LogP contribution in [0, 0.1) is 5.41 Å². The maximum atomic E-state index is 10.8. The van der Waals surface area contributed by atoms with Gasteiger partial charge in [0.25, 0.3) is 0 Å². The minimum atomic E-state index is -0.702. The summed E-state index contributed by atoms with van der Waals surface area (Å²) in [5, 5.41) is 4.88. The van der Waals surface area contributed by atoms with Crippen LogP contribution in [0.5, 0.6) is 0 Å². The molecule has 0 saturated heterocycles. The van der Waals surface area contributed by atoms with Crippen molar-refractivity contribution in [1.82, 2.24) is 10.6 Å². The van der Waals surface area contributed by atoms with Gasteiger partial charge in [0.2, 0.25) is 5.91 Å². The van der Waals surface area contributed by atoms with Crippen LogP contribution in [0.4, 0.5) is 4.79 Å². The maximum Gasteiger partial charge on any atom is 0.314 e. The number of carbonyl (C=O) groups excluding carboxylic acids is 2. The first-order chi connectivity index (χ1) is 5.40. The third-order valence-electron chi connectivity index (χ3n) is 1.58. The van der Waals surface area contributed by atoms with Gasteiger partial charge in [-0.1, -0.05) is 0 Å². The Bertz CT molecular complexity index is 189. The van der Waals surface area contributed by atoms with Gasteiger partial charge in [0.15, 0.2) is 0 Å². The number of nitrogens with two attached hydrogens (primary N) is 1. The molecule has 0 aliphatic heterocycles. The predicted octanol–water partition coefficient (Wildman–Crippen LogP) is -0.573.